The van der Waals surface area contributed by atoms with Gasteiger partial charge in [-0.25, -0.2) is 9.97 Å². The van der Waals surface area contributed by atoms with E-state index in [0.29, 0.717) is 38.5 Å². The Balaban J connectivity index is 1.69. The van der Waals surface area contributed by atoms with Crippen molar-refractivity contribution >= 4 is 0 Å². The van der Waals surface area contributed by atoms with Gasteiger partial charge in [-0.05, 0) is 37.9 Å². The predicted molar refractivity (Wildman–Crippen MR) is 62.7 cm³/mol. The minimum atomic E-state index is -4.11. The summed E-state index contributed by atoms with van der Waals surface area (Å²) in [5.74, 6) is 0.272. The molecule has 19 heavy (non-hydrogen) atoms. The Morgan fingerprint density at radius 2 is 1.84 bits per heavy atom. The molecule has 0 aliphatic carbocycles. The van der Waals surface area contributed by atoms with Crippen LogP contribution in [0.25, 0.3) is 0 Å². The first-order chi connectivity index (χ1) is 9.03. The van der Waals surface area contributed by atoms with Crippen molar-refractivity contribution in [3.8, 4) is 6.01 Å². The van der Waals surface area contributed by atoms with Gasteiger partial charge in [-0.2, -0.15) is 13.2 Å². The van der Waals surface area contributed by atoms with Crippen molar-refractivity contribution in [2.24, 2.45) is 5.92 Å². The van der Waals surface area contributed by atoms with Gasteiger partial charge in [0.25, 0.3) is 0 Å². The third-order valence-electron chi connectivity index (χ3n) is 3.10. The maximum absolute atomic E-state index is 12.2. The molecule has 0 aromatic carbocycles. The van der Waals surface area contributed by atoms with Gasteiger partial charge in [0.1, 0.15) is 0 Å². The van der Waals surface area contributed by atoms with Crippen LogP contribution in [0, 0.1) is 5.92 Å². The van der Waals surface area contributed by atoms with Gasteiger partial charge in [0.05, 0.1) is 13.2 Å². The number of aromatic nitrogens is 2. The van der Waals surface area contributed by atoms with E-state index in [1.54, 1.807) is 18.5 Å². The van der Waals surface area contributed by atoms with Crippen molar-refractivity contribution in [2.45, 2.75) is 19.0 Å². The standard InChI is InChI=1S/C12H16F3N3O/c13-12(14,15)9-18-6-2-10(3-7-18)8-19-11-16-4-1-5-17-11/h1,4-5,10H,2-3,6-9H2. The zero-order valence-electron chi connectivity index (χ0n) is 10.4. The Kier molecular flexibility index (Phi) is 4.57. The molecule has 0 radical (unpaired) electrons. The minimum Gasteiger partial charge on any atom is -0.463 e. The Hall–Kier alpha value is -1.37. The lowest BCUT2D eigenvalue weighted by Gasteiger charge is -2.31. The molecule has 0 bridgehead atoms. The number of ether oxygens (including phenoxy) is 1. The fourth-order valence-corrected chi connectivity index (χ4v) is 2.12. The molecule has 2 rings (SSSR count). The van der Waals surface area contributed by atoms with Gasteiger partial charge >= 0.3 is 12.2 Å². The second-order valence-corrected chi connectivity index (χ2v) is 4.68. The van der Waals surface area contributed by atoms with Crippen molar-refractivity contribution in [3.05, 3.63) is 18.5 Å². The minimum absolute atomic E-state index is 0.272. The molecule has 0 unspecified atom stereocenters. The monoisotopic (exact) mass is 275 g/mol. The third-order valence-corrected chi connectivity index (χ3v) is 3.10. The Morgan fingerprint density at radius 3 is 2.42 bits per heavy atom. The summed E-state index contributed by atoms with van der Waals surface area (Å²) in [7, 11) is 0. The third kappa shape index (κ3) is 5.02. The van der Waals surface area contributed by atoms with E-state index in [0.717, 1.165) is 0 Å². The highest BCUT2D eigenvalue weighted by Gasteiger charge is 2.32. The number of hydrogen-bond donors (Lipinski definition) is 0. The van der Waals surface area contributed by atoms with E-state index in [1.165, 1.54) is 4.90 Å². The lowest BCUT2D eigenvalue weighted by molar-refractivity contribution is -0.148. The maximum Gasteiger partial charge on any atom is 0.401 e. The lowest BCUT2D eigenvalue weighted by Crippen LogP contribution is -2.41. The van der Waals surface area contributed by atoms with Gasteiger partial charge in [0.2, 0.25) is 0 Å². The second kappa shape index (κ2) is 6.18. The fraction of sp³-hybridized carbons (Fsp3) is 0.667. The van der Waals surface area contributed by atoms with Crippen LogP contribution >= 0.6 is 0 Å². The smallest absolute Gasteiger partial charge is 0.401 e. The lowest BCUT2D eigenvalue weighted by atomic mass is 9.98. The number of likely N-dealkylation sites (tertiary alicyclic amines) is 1. The first kappa shape index (κ1) is 14.0. The highest BCUT2D eigenvalue weighted by Crippen LogP contribution is 2.22. The van der Waals surface area contributed by atoms with Crippen molar-refractivity contribution in [1.29, 1.82) is 0 Å². The van der Waals surface area contributed by atoms with E-state index in [2.05, 4.69) is 9.97 Å². The molecule has 4 nitrogen and oxygen atoms in total. The van der Waals surface area contributed by atoms with Gasteiger partial charge in [-0.1, -0.05) is 0 Å². The van der Waals surface area contributed by atoms with Crippen molar-refractivity contribution in [2.75, 3.05) is 26.2 Å². The van der Waals surface area contributed by atoms with Crippen LogP contribution in [0.3, 0.4) is 0 Å². The Bertz CT molecular complexity index is 378. The molecule has 0 atom stereocenters. The van der Waals surface area contributed by atoms with Crippen LogP contribution in [0.1, 0.15) is 12.8 Å². The van der Waals surface area contributed by atoms with Crippen molar-refractivity contribution < 1.29 is 17.9 Å². The van der Waals surface area contributed by atoms with Gasteiger partial charge in [0, 0.05) is 12.4 Å². The quantitative estimate of drug-likeness (QED) is 0.843. The molecule has 2 heterocycles. The average molecular weight is 275 g/mol. The summed E-state index contributed by atoms with van der Waals surface area (Å²) in [6.07, 6.45) is 0.496. The summed E-state index contributed by atoms with van der Waals surface area (Å²) in [5, 5.41) is 0. The number of halogens is 3. The highest BCUT2D eigenvalue weighted by molar-refractivity contribution is 4.93. The largest absolute Gasteiger partial charge is 0.463 e. The molecule has 1 aromatic heterocycles. The van der Waals surface area contributed by atoms with Crippen molar-refractivity contribution in [3.63, 3.8) is 0 Å². The molecule has 1 fully saturated rings. The molecular formula is C12H16F3N3O. The maximum atomic E-state index is 12.2. The molecule has 0 saturated carbocycles. The number of alkyl halides is 3. The number of rotatable bonds is 4. The average Bonchev–Trinajstić information content (AvgIpc) is 2.37. The molecule has 1 saturated heterocycles. The first-order valence-electron chi connectivity index (χ1n) is 6.22. The van der Waals surface area contributed by atoms with Gasteiger partial charge in [-0.15, -0.1) is 0 Å². The van der Waals surface area contributed by atoms with E-state index in [-0.39, 0.29) is 5.92 Å². The molecule has 0 N–H and O–H groups in total. The van der Waals surface area contributed by atoms with Crippen LogP contribution in [-0.2, 0) is 0 Å². The number of nitrogens with zero attached hydrogens (tertiary/aromatic N) is 3. The van der Waals surface area contributed by atoms with Crippen LogP contribution < -0.4 is 4.74 Å². The van der Waals surface area contributed by atoms with Crippen LogP contribution in [-0.4, -0.2) is 47.3 Å². The summed E-state index contributed by atoms with van der Waals surface area (Å²) in [6.45, 7) is 0.568. The first-order valence-corrected chi connectivity index (χ1v) is 6.22. The van der Waals surface area contributed by atoms with Crippen LogP contribution in [0.5, 0.6) is 6.01 Å². The zero-order valence-corrected chi connectivity index (χ0v) is 10.4. The van der Waals surface area contributed by atoms with Crippen molar-refractivity contribution in [1.82, 2.24) is 14.9 Å². The number of piperidine rings is 1. The van der Waals surface area contributed by atoms with Gasteiger partial charge < -0.3 is 4.74 Å². The molecular weight excluding hydrogens is 259 g/mol. The highest BCUT2D eigenvalue weighted by atomic mass is 19.4. The summed E-state index contributed by atoms with van der Waals surface area (Å²) >= 11 is 0. The van der Waals surface area contributed by atoms with E-state index in [1.807, 2.05) is 0 Å². The van der Waals surface area contributed by atoms with Crippen LogP contribution in [0.4, 0.5) is 13.2 Å². The van der Waals surface area contributed by atoms with Crippen LogP contribution in [0.2, 0.25) is 0 Å². The summed E-state index contributed by atoms with van der Waals surface area (Å²) in [4.78, 5) is 9.31. The number of hydrogen-bond acceptors (Lipinski definition) is 4. The molecule has 1 aromatic rings. The van der Waals surface area contributed by atoms with E-state index in [4.69, 9.17) is 4.74 Å². The second-order valence-electron chi connectivity index (χ2n) is 4.68. The normalized spacial score (nSPS) is 18.5. The molecule has 0 spiro atoms. The van der Waals surface area contributed by atoms with Gasteiger partial charge in [-0.3, -0.25) is 4.90 Å². The van der Waals surface area contributed by atoms with E-state index >= 15 is 0 Å². The van der Waals surface area contributed by atoms with E-state index < -0.39 is 12.7 Å². The summed E-state index contributed by atoms with van der Waals surface area (Å²) in [6, 6.07) is 2.02. The topological polar surface area (TPSA) is 38.2 Å². The van der Waals surface area contributed by atoms with E-state index in [9.17, 15) is 13.2 Å². The zero-order chi connectivity index (χ0) is 13.7. The SMILES string of the molecule is FC(F)(F)CN1CCC(COc2ncccn2)CC1. The molecule has 0 amide bonds. The van der Waals surface area contributed by atoms with Crippen LogP contribution in [0.15, 0.2) is 18.5 Å². The fourth-order valence-electron chi connectivity index (χ4n) is 2.12. The Labute approximate surface area is 109 Å². The summed E-state index contributed by atoms with van der Waals surface area (Å²) in [5.41, 5.74) is 0. The molecule has 7 heteroatoms. The molecule has 106 valence electrons. The predicted octanol–water partition coefficient (Wildman–Crippen LogP) is 2.13. The molecule has 1 aliphatic rings. The molecule has 1 aliphatic heterocycles. The Morgan fingerprint density at radius 1 is 1.21 bits per heavy atom. The summed E-state index contributed by atoms with van der Waals surface area (Å²) < 4.78 is 42.1. The van der Waals surface area contributed by atoms with Gasteiger partial charge in [0.15, 0.2) is 0 Å².